The number of rotatable bonds is 5. The zero-order valence-electron chi connectivity index (χ0n) is 9.92. The van der Waals surface area contributed by atoms with Crippen molar-refractivity contribution < 1.29 is 9.90 Å². The summed E-state index contributed by atoms with van der Waals surface area (Å²) in [7, 11) is 0. The summed E-state index contributed by atoms with van der Waals surface area (Å²) in [6.45, 7) is 4.08. The Kier molecular flexibility index (Phi) is 4.35. The second-order valence-corrected chi connectivity index (χ2v) is 4.01. The number of phenols is 1. The predicted molar refractivity (Wildman–Crippen MR) is 64.6 cm³/mol. The van der Waals surface area contributed by atoms with Crippen molar-refractivity contribution in [2.24, 2.45) is 5.73 Å². The normalized spacial score (nSPS) is 10.4. The van der Waals surface area contributed by atoms with Crippen LogP contribution >= 0.6 is 0 Å². The summed E-state index contributed by atoms with van der Waals surface area (Å²) in [6, 6.07) is 3.39. The first-order chi connectivity index (χ1) is 7.60. The molecule has 3 nitrogen and oxygen atoms in total. The minimum absolute atomic E-state index is 0.328. The Bertz CT molecular complexity index is 359. The number of aryl methyl sites for hydroxylation is 2. The molecule has 0 saturated heterocycles. The van der Waals surface area contributed by atoms with Gasteiger partial charge in [0.15, 0.2) is 0 Å². The number of aromatic hydroxyl groups is 1. The highest BCUT2D eigenvalue weighted by atomic mass is 16.3. The molecule has 1 rings (SSSR count). The van der Waals surface area contributed by atoms with Crippen molar-refractivity contribution >= 4 is 5.91 Å². The third-order valence-corrected chi connectivity index (χ3v) is 2.59. The average Bonchev–Trinajstić information content (AvgIpc) is 2.24. The van der Waals surface area contributed by atoms with Gasteiger partial charge in [0.1, 0.15) is 5.75 Å². The van der Waals surface area contributed by atoms with Crippen LogP contribution in [0, 0.1) is 0 Å². The molecule has 3 N–H and O–H groups in total. The second-order valence-electron chi connectivity index (χ2n) is 4.01. The lowest BCUT2D eigenvalue weighted by Crippen LogP contribution is -2.12. The summed E-state index contributed by atoms with van der Waals surface area (Å²) >= 11 is 0. The number of primary amides is 1. The predicted octanol–water partition coefficient (Wildman–Crippen LogP) is 2.40. The molecule has 0 aliphatic rings. The molecular weight excluding hydrogens is 202 g/mol. The summed E-state index contributed by atoms with van der Waals surface area (Å²) < 4.78 is 0. The SMILES string of the molecule is CCCc1cc(C(N)=O)cc(CCC)c1O. The topological polar surface area (TPSA) is 63.3 Å². The highest BCUT2D eigenvalue weighted by molar-refractivity contribution is 5.93. The molecule has 0 fully saturated rings. The number of amides is 1. The zero-order valence-corrected chi connectivity index (χ0v) is 9.92. The van der Waals surface area contributed by atoms with Gasteiger partial charge in [0.05, 0.1) is 0 Å². The van der Waals surface area contributed by atoms with Crippen molar-refractivity contribution in [2.75, 3.05) is 0 Å². The van der Waals surface area contributed by atoms with E-state index in [-0.39, 0.29) is 0 Å². The number of carbonyl (C=O) groups is 1. The highest BCUT2D eigenvalue weighted by Crippen LogP contribution is 2.27. The maximum atomic E-state index is 11.2. The molecule has 16 heavy (non-hydrogen) atoms. The monoisotopic (exact) mass is 221 g/mol. The van der Waals surface area contributed by atoms with Crippen molar-refractivity contribution in [3.63, 3.8) is 0 Å². The van der Waals surface area contributed by atoms with E-state index in [9.17, 15) is 9.90 Å². The van der Waals surface area contributed by atoms with Gasteiger partial charge in [0.25, 0.3) is 0 Å². The van der Waals surface area contributed by atoms with Crippen LogP contribution in [0.5, 0.6) is 5.75 Å². The summed E-state index contributed by atoms with van der Waals surface area (Å²) in [6.07, 6.45) is 3.40. The van der Waals surface area contributed by atoms with E-state index in [1.54, 1.807) is 12.1 Å². The van der Waals surface area contributed by atoms with Gasteiger partial charge in [-0.1, -0.05) is 26.7 Å². The van der Waals surface area contributed by atoms with Crippen LogP contribution in [-0.2, 0) is 12.8 Å². The third kappa shape index (κ3) is 2.75. The van der Waals surface area contributed by atoms with Gasteiger partial charge in [-0.3, -0.25) is 4.79 Å². The lowest BCUT2D eigenvalue weighted by molar-refractivity contribution is 0.1000. The van der Waals surface area contributed by atoms with Crippen LogP contribution in [-0.4, -0.2) is 11.0 Å². The molecule has 88 valence electrons. The number of hydrogen-bond donors (Lipinski definition) is 2. The molecule has 0 saturated carbocycles. The maximum absolute atomic E-state index is 11.2. The van der Waals surface area contributed by atoms with Gasteiger partial charge in [-0.2, -0.15) is 0 Å². The minimum Gasteiger partial charge on any atom is -0.507 e. The smallest absolute Gasteiger partial charge is 0.248 e. The average molecular weight is 221 g/mol. The third-order valence-electron chi connectivity index (χ3n) is 2.59. The lowest BCUT2D eigenvalue weighted by Gasteiger charge is -2.10. The quantitative estimate of drug-likeness (QED) is 0.801. The molecule has 0 unspecified atom stereocenters. The molecule has 1 amide bonds. The van der Waals surface area contributed by atoms with E-state index in [0.29, 0.717) is 11.3 Å². The van der Waals surface area contributed by atoms with Gasteiger partial charge < -0.3 is 10.8 Å². The standard InChI is InChI=1S/C13H19NO2/c1-3-5-9-7-11(13(14)16)8-10(6-4-2)12(9)15/h7-8,15H,3-6H2,1-2H3,(H2,14,16). The number of phenolic OH excluding ortho intramolecular Hbond substituents is 1. The maximum Gasteiger partial charge on any atom is 0.248 e. The molecule has 0 spiro atoms. The van der Waals surface area contributed by atoms with Crippen LogP contribution in [0.15, 0.2) is 12.1 Å². The van der Waals surface area contributed by atoms with Gasteiger partial charge >= 0.3 is 0 Å². The van der Waals surface area contributed by atoms with Gasteiger partial charge in [-0.15, -0.1) is 0 Å². The van der Waals surface area contributed by atoms with Crippen LogP contribution in [0.2, 0.25) is 0 Å². The van der Waals surface area contributed by atoms with E-state index in [2.05, 4.69) is 0 Å². The summed E-state index contributed by atoms with van der Waals surface area (Å²) in [4.78, 5) is 11.2. The van der Waals surface area contributed by atoms with E-state index in [4.69, 9.17) is 5.73 Å². The molecule has 0 bridgehead atoms. The molecule has 1 aromatic carbocycles. The second kappa shape index (κ2) is 5.54. The van der Waals surface area contributed by atoms with Crippen LogP contribution in [0.3, 0.4) is 0 Å². The summed E-state index contributed by atoms with van der Waals surface area (Å²) in [5.41, 5.74) is 7.41. The number of nitrogens with two attached hydrogens (primary N) is 1. The van der Waals surface area contributed by atoms with Crippen molar-refractivity contribution in [1.29, 1.82) is 0 Å². The largest absolute Gasteiger partial charge is 0.507 e. The van der Waals surface area contributed by atoms with Crippen LogP contribution in [0.25, 0.3) is 0 Å². The lowest BCUT2D eigenvalue weighted by atomic mass is 9.98. The molecule has 0 heterocycles. The number of hydrogen-bond acceptors (Lipinski definition) is 2. The number of carbonyl (C=O) groups excluding carboxylic acids is 1. The first-order valence-electron chi connectivity index (χ1n) is 5.74. The highest BCUT2D eigenvalue weighted by Gasteiger charge is 2.11. The van der Waals surface area contributed by atoms with Crippen molar-refractivity contribution in [3.05, 3.63) is 28.8 Å². The van der Waals surface area contributed by atoms with E-state index in [1.165, 1.54) is 0 Å². The Morgan fingerprint density at radius 2 is 1.62 bits per heavy atom. The van der Waals surface area contributed by atoms with E-state index in [1.807, 2.05) is 13.8 Å². The fraction of sp³-hybridized carbons (Fsp3) is 0.462. The first kappa shape index (κ1) is 12.6. The van der Waals surface area contributed by atoms with Crippen LogP contribution in [0.1, 0.15) is 48.2 Å². The van der Waals surface area contributed by atoms with Gasteiger partial charge in [0, 0.05) is 5.56 Å². The number of benzene rings is 1. The van der Waals surface area contributed by atoms with Crippen LogP contribution < -0.4 is 5.73 Å². The van der Waals surface area contributed by atoms with Gasteiger partial charge in [-0.25, -0.2) is 0 Å². The Balaban J connectivity index is 3.21. The fourth-order valence-electron chi connectivity index (χ4n) is 1.82. The Hall–Kier alpha value is -1.51. The zero-order chi connectivity index (χ0) is 12.1. The molecule has 0 radical (unpaired) electrons. The Morgan fingerprint density at radius 3 is 1.94 bits per heavy atom. The molecule has 1 aromatic rings. The van der Waals surface area contributed by atoms with Crippen molar-refractivity contribution in [3.8, 4) is 5.75 Å². The van der Waals surface area contributed by atoms with Crippen LogP contribution in [0.4, 0.5) is 0 Å². The van der Waals surface area contributed by atoms with Gasteiger partial charge in [-0.05, 0) is 36.1 Å². The molecule has 0 aliphatic carbocycles. The Morgan fingerprint density at radius 1 is 1.19 bits per heavy atom. The van der Waals surface area contributed by atoms with E-state index >= 15 is 0 Å². The molecule has 3 heteroatoms. The van der Waals surface area contributed by atoms with Gasteiger partial charge in [0.2, 0.25) is 5.91 Å². The molecular formula is C13H19NO2. The first-order valence-corrected chi connectivity index (χ1v) is 5.74. The summed E-state index contributed by atoms with van der Waals surface area (Å²) in [5, 5.41) is 10.0. The molecule has 0 atom stereocenters. The van der Waals surface area contributed by atoms with E-state index in [0.717, 1.165) is 36.8 Å². The van der Waals surface area contributed by atoms with E-state index < -0.39 is 5.91 Å². The minimum atomic E-state index is -0.435. The summed E-state index contributed by atoms with van der Waals surface area (Å²) in [5.74, 6) is -0.108. The van der Waals surface area contributed by atoms with Crippen molar-refractivity contribution in [1.82, 2.24) is 0 Å². The molecule has 0 aliphatic heterocycles. The fourth-order valence-corrected chi connectivity index (χ4v) is 1.82. The molecule has 0 aromatic heterocycles. The Labute approximate surface area is 96.3 Å². The van der Waals surface area contributed by atoms with Crippen molar-refractivity contribution in [2.45, 2.75) is 39.5 Å².